The van der Waals surface area contributed by atoms with Gasteiger partial charge in [-0.05, 0) is 31.2 Å². The molecule has 1 aromatic carbocycles. The summed E-state index contributed by atoms with van der Waals surface area (Å²) in [5.41, 5.74) is 1.75. The molecular formula is C16H14N2O3. The van der Waals surface area contributed by atoms with Gasteiger partial charge >= 0.3 is 0 Å². The van der Waals surface area contributed by atoms with Gasteiger partial charge in [0.05, 0.1) is 11.9 Å². The molecule has 3 heterocycles. The van der Waals surface area contributed by atoms with E-state index in [1.807, 2.05) is 37.4 Å². The molecule has 0 atom stereocenters. The third kappa shape index (κ3) is 1.89. The maximum Gasteiger partial charge on any atom is 0.203 e. The number of aromatic nitrogens is 2. The molecule has 21 heavy (non-hydrogen) atoms. The number of rotatable bonds is 1. The topological polar surface area (TPSA) is 56.5 Å². The Morgan fingerprint density at radius 3 is 2.62 bits per heavy atom. The quantitative estimate of drug-likeness (QED) is 0.745. The van der Waals surface area contributed by atoms with E-state index in [-0.39, 0.29) is 5.88 Å². The number of aryl methyl sites for hydroxylation is 1. The molecule has 5 heteroatoms. The Bertz CT molecular complexity index is 822. The molecule has 5 nitrogen and oxygen atoms in total. The first-order chi connectivity index (χ1) is 10.2. The van der Waals surface area contributed by atoms with Gasteiger partial charge in [-0.3, -0.25) is 9.55 Å². The highest BCUT2D eigenvalue weighted by Crippen LogP contribution is 2.39. The zero-order valence-electron chi connectivity index (χ0n) is 11.5. The number of fused-ring (bicyclic) bond motifs is 2. The van der Waals surface area contributed by atoms with Crippen molar-refractivity contribution < 1.29 is 14.6 Å². The van der Waals surface area contributed by atoms with Crippen molar-refractivity contribution in [1.29, 1.82) is 0 Å². The van der Waals surface area contributed by atoms with Gasteiger partial charge in [0.2, 0.25) is 5.88 Å². The molecule has 0 spiro atoms. The minimum absolute atomic E-state index is 0.174. The number of hydrogen-bond donors (Lipinski definition) is 1. The van der Waals surface area contributed by atoms with Gasteiger partial charge < -0.3 is 14.6 Å². The molecule has 0 aliphatic carbocycles. The van der Waals surface area contributed by atoms with Crippen LogP contribution in [-0.2, 0) is 0 Å². The fourth-order valence-corrected chi connectivity index (χ4v) is 2.53. The van der Waals surface area contributed by atoms with E-state index < -0.39 is 0 Å². The van der Waals surface area contributed by atoms with Crippen LogP contribution in [0, 0.1) is 6.92 Å². The standard InChI is InChI=1S/C16H14N2O3/c1-10-2-3-12(8-17-10)18-9-11-6-14-15(21-5-4-20-14)7-13(11)16(18)19/h2-3,6-9,19H,4-5H2,1H3. The van der Waals surface area contributed by atoms with E-state index in [9.17, 15) is 5.11 Å². The Kier molecular flexibility index (Phi) is 2.54. The molecule has 0 amide bonds. The van der Waals surface area contributed by atoms with Crippen LogP contribution in [0.5, 0.6) is 17.4 Å². The molecule has 2 aromatic heterocycles. The molecule has 106 valence electrons. The van der Waals surface area contributed by atoms with Crippen LogP contribution in [0.3, 0.4) is 0 Å². The first-order valence-corrected chi connectivity index (χ1v) is 6.79. The molecule has 3 aromatic rings. The normalized spacial score (nSPS) is 13.6. The van der Waals surface area contributed by atoms with Gasteiger partial charge in [0.15, 0.2) is 11.5 Å². The summed E-state index contributed by atoms with van der Waals surface area (Å²) < 4.78 is 12.8. The molecule has 0 saturated carbocycles. The third-order valence-electron chi connectivity index (χ3n) is 3.63. The van der Waals surface area contributed by atoms with E-state index in [4.69, 9.17) is 9.47 Å². The van der Waals surface area contributed by atoms with Crippen molar-refractivity contribution in [1.82, 2.24) is 9.55 Å². The van der Waals surface area contributed by atoms with Crippen LogP contribution >= 0.6 is 0 Å². The second kappa shape index (κ2) is 4.41. The molecule has 0 bridgehead atoms. The Morgan fingerprint density at radius 2 is 1.90 bits per heavy atom. The Hall–Kier alpha value is -2.69. The summed E-state index contributed by atoms with van der Waals surface area (Å²) >= 11 is 0. The molecule has 0 saturated heterocycles. The van der Waals surface area contributed by atoms with Gasteiger partial charge in [-0.2, -0.15) is 0 Å². The molecule has 1 N–H and O–H groups in total. The highest BCUT2D eigenvalue weighted by Gasteiger charge is 2.17. The summed E-state index contributed by atoms with van der Waals surface area (Å²) in [6.07, 6.45) is 3.61. The van der Waals surface area contributed by atoms with Gasteiger partial charge in [0.1, 0.15) is 13.2 Å². The van der Waals surface area contributed by atoms with Crippen LogP contribution in [-0.4, -0.2) is 27.9 Å². The molecule has 1 aliphatic rings. The van der Waals surface area contributed by atoms with Crippen LogP contribution in [0.25, 0.3) is 16.5 Å². The SMILES string of the molecule is Cc1ccc(-n2cc3cc4c(cc3c2O)OCCO4)cn1. The van der Waals surface area contributed by atoms with Crippen molar-refractivity contribution in [3.8, 4) is 23.1 Å². The highest BCUT2D eigenvalue weighted by atomic mass is 16.6. The lowest BCUT2D eigenvalue weighted by Gasteiger charge is -2.18. The summed E-state index contributed by atoms with van der Waals surface area (Å²) in [5, 5.41) is 12.1. The van der Waals surface area contributed by atoms with E-state index in [2.05, 4.69) is 4.98 Å². The maximum absolute atomic E-state index is 10.5. The summed E-state index contributed by atoms with van der Waals surface area (Å²) in [5.74, 6) is 1.56. The number of ether oxygens (including phenoxy) is 2. The van der Waals surface area contributed by atoms with Crippen molar-refractivity contribution in [2.45, 2.75) is 6.92 Å². The van der Waals surface area contributed by atoms with Gasteiger partial charge in [0, 0.05) is 22.7 Å². The number of pyridine rings is 1. The fraction of sp³-hybridized carbons (Fsp3) is 0.188. The minimum Gasteiger partial charge on any atom is -0.494 e. The second-order valence-electron chi connectivity index (χ2n) is 5.06. The van der Waals surface area contributed by atoms with Gasteiger partial charge in [-0.1, -0.05) is 0 Å². The molecule has 4 rings (SSSR count). The van der Waals surface area contributed by atoms with Crippen molar-refractivity contribution in [2.75, 3.05) is 13.2 Å². The monoisotopic (exact) mass is 282 g/mol. The van der Waals surface area contributed by atoms with E-state index in [1.54, 1.807) is 10.8 Å². The van der Waals surface area contributed by atoms with Crippen LogP contribution in [0.4, 0.5) is 0 Å². The van der Waals surface area contributed by atoms with Gasteiger partial charge in [0.25, 0.3) is 0 Å². The Balaban J connectivity index is 1.91. The summed E-state index contributed by atoms with van der Waals surface area (Å²) in [4.78, 5) is 4.26. The van der Waals surface area contributed by atoms with E-state index in [0.29, 0.717) is 24.7 Å². The average molecular weight is 282 g/mol. The zero-order valence-corrected chi connectivity index (χ0v) is 11.5. The van der Waals surface area contributed by atoms with E-state index in [1.165, 1.54) is 0 Å². The predicted molar refractivity (Wildman–Crippen MR) is 78.5 cm³/mol. The van der Waals surface area contributed by atoms with Crippen molar-refractivity contribution in [2.24, 2.45) is 0 Å². The van der Waals surface area contributed by atoms with E-state index in [0.717, 1.165) is 22.2 Å². The van der Waals surface area contributed by atoms with Crippen molar-refractivity contribution in [3.63, 3.8) is 0 Å². The molecule has 0 fully saturated rings. The van der Waals surface area contributed by atoms with Crippen LogP contribution in [0.1, 0.15) is 5.69 Å². The average Bonchev–Trinajstić information content (AvgIpc) is 2.82. The van der Waals surface area contributed by atoms with Crippen LogP contribution in [0.15, 0.2) is 36.7 Å². The van der Waals surface area contributed by atoms with Crippen molar-refractivity contribution in [3.05, 3.63) is 42.4 Å². The minimum atomic E-state index is 0.174. The smallest absolute Gasteiger partial charge is 0.203 e. The first-order valence-electron chi connectivity index (χ1n) is 6.79. The number of aromatic hydroxyl groups is 1. The molecular weight excluding hydrogens is 268 g/mol. The second-order valence-corrected chi connectivity index (χ2v) is 5.06. The number of nitrogens with zero attached hydrogens (tertiary/aromatic N) is 2. The van der Waals surface area contributed by atoms with E-state index >= 15 is 0 Å². The van der Waals surface area contributed by atoms with Gasteiger partial charge in [-0.15, -0.1) is 0 Å². The lowest BCUT2D eigenvalue weighted by atomic mass is 10.2. The number of benzene rings is 1. The maximum atomic E-state index is 10.5. The molecule has 0 unspecified atom stereocenters. The number of hydrogen-bond acceptors (Lipinski definition) is 4. The molecule has 1 aliphatic heterocycles. The summed E-state index contributed by atoms with van der Waals surface area (Å²) in [6, 6.07) is 7.55. The summed E-state index contributed by atoms with van der Waals surface area (Å²) in [6.45, 7) is 3.01. The fourth-order valence-electron chi connectivity index (χ4n) is 2.53. The van der Waals surface area contributed by atoms with Crippen molar-refractivity contribution >= 4 is 10.8 Å². The zero-order chi connectivity index (χ0) is 14.4. The lowest BCUT2D eigenvalue weighted by Crippen LogP contribution is -2.14. The largest absolute Gasteiger partial charge is 0.494 e. The Labute approximate surface area is 121 Å². The molecule has 0 radical (unpaired) electrons. The Morgan fingerprint density at radius 1 is 1.14 bits per heavy atom. The predicted octanol–water partition coefficient (Wildman–Crippen LogP) is 2.81. The lowest BCUT2D eigenvalue weighted by molar-refractivity contribution is 0.172. The van der Waals surface area contributed by atoms with Crippen LogP contribution < -0.4 is 9.47 Å². The highest BCUT2D eigenvalue weighted by molar-refractivity contribution is 5.91. The summed E-state index contributed by atoms with van der Waals surface area (Å²) in [7, 11) is 0. The third-order valence-corrected chi connectivity index (χ3v) is 3.63. The van der Waals surface area contributed by atoms with Crippen LogP contribution in [0.2, 0.25) is 0 Å². The van der Waals surface area contributed by atoms with Gasteiger partial charge in [-0.25, -0.2) is 0 Å². The first kappa shape index (κ1) is 12.1.